The van der Waals surface area contributed by atoms with E-state index in [0.717, 1.165) is 19.4 Å². The lowest BCUT2D eigenvalue weighted by molar-refractivity contribution is 0.496. The van der Waals surface area contributed by atoms with E-state index in [0.29, 0.717) is 6.04 Å². The van der Waals surface area contributed by atoms with E-state index >= 15 is 0 Å². The zero-order chi connectivity index (χ0) is 14.5. The molecule has 1 atom stereocenters. The highest BCUT2D eigenvalue weighted by molar-refractivity contribution is 5.30. The number of nitrogens with one attached hydrogen (secondary N) is 1. The van der Waals surface area contributed by atoms with Crippen LogP contribution in [0.3, 0.4) is 0 Å². The molecule has 0 spiro atoms. The second-order valence-electron chi connectivity index (χ2n) is 5.52. The van der Waals surface area contributed by atoms with Gasteiger partial charge in [-0.1, -0.05) is 36.2 Å². The van der Waals surface area contributed by atoms with Gasteiger partial charge < -0.3 is 5.32 Å². The van der Waals surface area contributed by atoms with Gasteiger partial charge in [0.1, 0.15) is 0 Å². The Labute approximate surface area is 122 Å². The monoisotopic (exact) mass is 271 g/mol. The second-order valence-corrected chi connectivity index (χ2v) is 5.52. The van der Waals surface area contributed by atoms with E-state index in [9.17, 15) is 0 Å². The van der Waals surface area contributed by atoms with Crippen molar-refractivity contribution >= 4 is 0 Å². The topological polar surface area (TPSA) is 29.9 Å². The fraction of sp³-hybridized carbons (Fsp3) is 0.471. The number of hydrogen-bond acceptors (Lipinski definition) is 2. The number of hydrogen-bond donors (Lipinski definition) is 1. The van der Waals surface area contributed by atoms with Crippen LogP contribution >= 0.6 is 0 Å². The summed E-state index contributed by atoms with van der Waals surface area (Å²) < 4.78 is 2.11. The molecule has 1 heterocycles. The van der Waals surface area contributed by atoms with Crippen LogP contribution in [-0.2, 0) is 13.0 Å². The van der Waals surface area contributed by atoms with Crippen molar-refractivity contribution in [1.82, 2.24) is 15.1 Å². The number of rotatable bonds is 6. The predicted molar refractivity (Wildman–Crippen MR) is 83.9 cm³/mol. The predicted octanol–water partition coefficient (Wildman–Crippen LogP) is 3.41. The third kappa shape index (κ3) is 3.48. The van der Waals surface area contributed by atoms with Gasteiger partial charge in [-0.25, -0.2) is 0 Å². The van der Waals surface area contributed by atoms with Crippen molar-refractivity contribution in [2.45, 2.75) is 46.2 Å². The summed E-state index contributed by atoms with van der Waals surface area (Å²) in [5, 5.41) is 7.86. The molecule has 108 valence electrons. The quantitative estimate of drug-likeness (QED) is 0.872. The third-order valence-electron chi connectivity index (χ3n) is 3.61. The van der Waals surface area contributed by atoms with E-state index in [-0.39, 0.29) is 0 Å². The van der Waals surface area contributed by atoms with Crippen LogP contribution in [0.15, 0.2) is 30.5 Å². The van der Waals surface area contributed by atoms with Crippen LogP contribution in [0, 0.1) is 13.8 Å². The second kappa shape index (κ2) is 6.71. The summed E-state index contributed by atoms with van der Waals surface area (Å²) in [5.41, 5.74) is 5.31. The minimum atomic E-state index is 0.310. The summed E-state index contributed by atoms with van der Waals surface area (Å²) in [5.74, 6) is 0. The molecule has 1 aromatic heterocycles. The zero-order valence-corrected chi connectivity index (χ0v) is 13.0. The maximum Gasteiger partial charge on any atom is 0.0556 e. The molecule has 0 aliphatic carbocycles. The van der Waals surface area contributed by atoms with Crippen LogP contribution in [0.1, 0.15) is 41.8 Å². The van der Waals surface area contributed by atoms with Gasteiger partial charge >= 0.3 is 0 Å². The molecule has 0 aliphatic heterocycles. The molecule has 0 aliphatic rings. The summed E-state index contributed by atoms with van der Waals surface area (Å²) >= 11 is 0. The van der Waals surface area contributed by atoms with Crippen molar-refractivity contribution in [3.8, 4) is 0 Å². The molecule has 2 rings (SSSR count). The van der Waals surface area contributed by atoms with E-state index < -0.39 is 0 Å². The molecule has 0 saturated carbocycles. The number of benzene rings is 1. The number of aromatic nitrogens is 2. The van der Waals surface area contributed by atoms with E-state index in [1.807, 2.05) is 13.2 Å². The Morgan fingerprint density at radius 2 is 1.90 bits per heavy atom. The van der Waals surface area contributed by atoms with Crippen LogP contribution in [0.2, 0.25) is 0 Å². The fourth-order valence-corrected chi connectivity index (χ4v) is 2.81. The standard InChI is InChI=1S/C17H25N3/c1-5-8-20-17(6-7-19-20)16(18-4)12-15-10-13(2)9-14(3)11-15/h6-7,9-11,16,18H,5,8,12H2,1-4H3. The highest BCUT2D eigenvalue weighted by atomic mass is 15.3. The highest BCUT2D eigenvalue weighted by Crippen LogP contribution is 2.20. The van der Waals surface area contributed by atoms with E-state index in [4.69, 9.17) is 0 Å². The molecule has 0 saturated heterocycles. The van der Waals surface area contributed by atoms with Crippen LogP contribution in [0.4, 0.5) is 0 Å². The molecule has 1 unspecified atom stereocenters. The van der Waals surface area contributed by atoms with E-state index in [1.165, 1.54) is 22.4 Å². The van der Waals surface area contributed by atoms with Gasteiger partial charge in [0.2, 0.25) is 0 Å². The fourth-order valence-electron chi connectivity index (χ4n) is 2.81. The largest absolute Gasteiger partial charge is 0.311 e. The van der Waals surface area contributed by atoms with Gasteiger partial charge in [0.15, 0.2) is 0 Å². The number of nitrogens with zero attached hydrogens (tertiary/aromatic N) is 2. The Kier molecular flexibility index (Phi) is 4.96. The summed E-state index contributed by atoms with van der Waals surface area (Å²) in [4.78, 5) is 0. The van der Waals surface area contributed by atoms with Gasteiger partial charge in [0.25, 0.3) is 0 Å². The van der Waals surface area contributed by atoms with Crippen molar-refractivity contribution in [1.29, 1.82) is 0 Å². The number of aryl methyl sites for hydroxylation is 3. The Morgan fingerprint density at radius 1 is 1.20 bits per heavy atom. The average Bonchev–Trinajstić information content (AvgIpc) is 2.83. The summed E-state index contributed by atoms with van der Waals surface area (Å²) in [6.45, 7) is 7.48. The van der Waals surface area contributed by atoms with Crippen LogP contribution in [0.25, 0.3) is 0 Å². The van der Waals surface area contributed by atoms with Gasteiger partial charge in [-0.05, 0) is 45.4 Å². The molecule has 1 N–H and O–H groups in total. The molecule has 3 nitrogen and oxygen atoms in total. The molecule has 0 bridgehead atoms. The SMILES string of the molecule is CCCn1nccc1C(Cc1cc(C)cc(C)c1)NC. The Morgan fingerprint density at radius 3 is 2.50 bits per heavy atom. The summed E-state index contributed by atoms with van der Waals surface area (Å²) in [7, 11) is 2.02. The van der Waals surface area contributed by atoms with Gasteiger partial charge in [0, 0.05) is 12.7 Å². The van der Waals surface area contributed by atoms with Crippen LogP contribution < -0.4 is 5.32 Å². The van der Waals surface area contributed by atoms with Gasteiger partial charge in [-0.3, -0.25) is 4.68 Å². The molecule has 20 heavy (non-hydrogen) atoms. The lowest BCUT2D eigenvalue weighted by Crippen LogP contribution is -2.22. The molecule has 2 aromatic rings. The first-order valence-corrected chi connectivity index (χ1v) is 7.40. The smallest absolute Gasteiger partial charge is 0.0556 e. The Hall–Kier alpha value is -1.61. The van der Waals surface area contributed by atoms with Crippen molar-refractivity contribution in [2.24, 2.45) is 0 Å². The molecule has 0 fully saturated rings. The molecule has 0 amide bonds. The Bertz CT molecular complexity index is 537. The first kappa shape index (κ1) is 14.8. The van der Waals surface area contributed by atoms with Crippen LogP contribution in [-0.4, -0.2) is 16.8 Å². The first-order valence-electron chi connectivity index (χ1n) is 7.40. The normalized spacial score (nSPS) is 12.6. The highest BCUT2D eigenvalue weighted by Gasteiger charge is 2.15. The minimum Gasteiger partial charge on any atom is -0.311 e. The number of likely N-dealkylation sites (N-methyl/N-ethyl adjacent to an activating group) is 1. The lowest BCUT2D eigenvalue weighted by Gasteiger charge is -2.18. The van der Waals surface area contributed by atoms with Gasteiger partial charge in [-0.15, -0.1) is 0 Å². The van der Waals surface area contributed by atoms with Gasteiger partial charge in [0.05, 0.1) is 11.7 Å². The van der Waals surface area contributed by atoms with E-state index in [2.05, 4.69) is 60.1 Å². The van der Waals surface area contributed by atoms with Crippen molar-refractivity contribution < 1.29 is 0 Å². The molecule has 3 heteroatoms. The molecule has 0 radical (unpaired) electrons. The van der Waals surface area contributed by atoms with Crippen molar-refractivity contribution in [3.63, 3.8) is 0 Å². The maximum atomic E-state index is 4.43. The van der Waals surface area contributed by atoms with Crippen molar-refractivity contribution in [3.05, 3.63) is 52.8 Å². The molecular formula is C17H25N3. The first-order chi connectivity index (χ1) is 9.63. The summed E-state index contributed by atoms with van der Waals surface area (Å²) in [6, 6.07) is 9.21. The maximum absolute atomic E-state index is 4.43. The van der Waals surface area contributed by atoms with Crippen molar-refractivity contribution in [2.75, 3.05) is 7.05 Å². The van der Waals surface area contributed by atoms with Crippen LogP contribution in [0.5, 0.6) is 0 Å². The zero-order valence-electron chi connectivity index (χ0n) is 13.0. The molecular weight excluding hydrogens is 246 g/mol. The van der Waals surface area contributed by atoms with E-state index in [1.54, 1.807) is 0 Å². The lowest BCUT2D eigenvalue weighted by atomic mass is 9.99. The van der Waals surface area contributed by atoms with Gasteiger partial charge in [-0.2, -0.15) is 5.10 Å². The minimum absolute atomic E-state index is 0.310. The average molecular weight is 271 g/mol. The molecule has 1 aromatic carbocycles. The summed E-state index contributed by atoms with van der Waals surface area (Å²) in [6.07, 6.45) is 4.00. The Balaban J connectivity index is 2.21. The third-order valence-corrected chi connectivity index (χ3v) is 3.61.